The van der Waals surface area contributed by atoms with E-state index in [-0.39, 0.29) is 5.78 Å². The fourth-order valence-electron chi connectivity index (χ4n) is 0.716. The van der Waals surface area contributed by atoms with Gasteiger partial charge in [0, 0.05) is 0 Å². The largest absolute Gasteiger partial charge is 0.313 e. The highest BCUT2D eigenvalue weighted by Crippen LogP contribution is 2.12. The van der Waals surface area contributed by atoms with E-state index in [0.29, 0.717) is 16.7 Å². The molecule has 0 aliphatic rings. The zero-order valence-corrected chi connectivity index (χ0v) is 7.60. The predicted molar refractivity (Wildman–Crippen MR) is 44.5 cm³/mol. The summed E-state index contributed by atoms with van der Waals surface area (Å²) in [6.45, 7) is 0.320. The Labute approximate surface area is 72.5 Å². The van der Waals surface area contributed by atoms with Crippen molar-refractivity contribution in [1.82, 2.24) is 15.5 Å². The average Bonchev–Trinajstić information content (AvgIpc) is 2.36. The molecular formula is C6H8BrN3O. The zero-order chi connectivity index (χ0) is 8.27. The van der Waals surface area contributed by atoms with Crippen LogP contribution in [0, 0.1) is 0 Å². The van der Waals surface area contributed by atoms with E-state index in [1.807, 2.05) is 0 Å². The molecule has 0 aromatic carbocycles. The number of Topliss-reactive ketones (excluding diaryl/α,β-unsaturated/α-hetero) is 1. The number of aromatic amines is 1. The molecule has 1 heterocycles. The van der Waals surface area contributed by atoms with Crippen LogP contribution in [-0.4, -0.2) is 29.6 Å². The Morgan fingerprint density at radius 3 is 3.09 bits per heavy atom. The number of aromatic nitrogens is 2. The first-order valence-electron chi connectivity index (χ1n) is 3.12. The Morgan fingerprint density at radius 1 is 1.91 bits per heavy atom. The molecule has 5 heteroatoms. The summed E-state index contributed by atoms with van der Waals surface area (Å²) in [6.07, 6.45) is 1.56. The van der Waals surface area contributed by atoms with Crippen molar-refractivity contribution in [2.24, 2.45) is 0 Å². The highest BCUT2D eigenvalue weighted by Gasteiger charge is 2.09. The van der Waals surface area contributed by atoms with E-state index < -0.39 is 0 Å². The van der Waals surface area contributed by atoms with Gasteiger partial charge in [-0.25, -0.2) is 0 Å². The number of rotatable bonds is 3. The molecule has 0 spiro atoms. The van der Waals surface area contributed by atoms with Crippen molar-refractivity contribution in [3.8, 4) is 0 Å². The van der Waals surface area contributed by atoms with Gasteiger partial charge < -0.3 is 5.32 Å². The van der Waals surface area contributed by atoms with Crippen molar-refractivity contribution in [3.05, 3.63) is 16.4 Å². The minimum Gasteiger partial charge on any atom is -0.313 e. The molecule has 0 unspecified atom stereocenters. The Morgan fingerprint density at radius 2 is 2.64 bits per heavy atom. The Hall–Kier alpha value is -0.680. The molecule has 1 aromatic rings. The summed E-state index contributed by atoms with van der Waals surface area (Å²) in [5.74, 6) is -0.00289. The van der Waals surface area contributed by atoms with E-state index in [1.54, 1.807) is 13.2 Å². The lowest BCUT2D eigenvalue weighted by atomic mass is 10.3. The molecule has 4 nitrogen and oxygen atoms in total. The SMILES string of the molecule is CNCC(=O)c1[nH]ncc1Br. The third kappa shape index (κ3) is 1.87. The minimum absolute atomic E-state index is 0.00289. The lowest BCUT2D eigenvalue weighted by molar-refractivity contribution is 0.0988. The van der Waals surface area contributed by atoms with E-state index >= 15 is 0 Å². The van der Waals surface area contributed by atoms with Crippen molar-refractivity contribution in [2.45, 2.75) is 0 Å². The molecule has 60 valence electrons. The Balaban J connectivity index is 2.76. The molecule has 0 saturated heterocycles. The van der Waals surface area contributed by atoms with Crippen molar-refractivity contribution < 1.29 is 4.79 Å². The molecule has 0 saturated carbocycles. The van der Waals surface area contributed by atoms with Crippen LogP contribution in [0.3, 0.4) is 0 Å². The fraction of sp³-hybridized carbons (Fsp3) is 0.333. The van der Waals surface area contributed by atoms with Crippen LogP contribution in [0.4, 0.5) is 0 Å². The van der Waals surface area contributed by atoms with Crippen LogP contribution in [0.25, 0.3) is 0 Å². The van der Waals surface area contributed by atoms with Gasteiger partial charge in [-0.1, -0.05) is 0 Å². The summed E-state index contributed by atoms with van der Waals surface area (Å²) >= 11 is 3.19. The maximum atomic E-state index is 11.2. The number of ketones is 1. The van der Waals surface area contributed by atoms with Crippen LogP contribution < -0.4 is 5.32 Å². The summed E-state index contributed by atoms with van der Waals surface area (Å²) < 4.78 is 0.706. The topological polar surface area (TPSA) is 57.8 Å². The first kappa shape index (κ1) is 8.42. The number of halogens is 1. The highest BCUT2D eigenvalue weighted by molar-refractivity contribution is 9.10. The van der Waals surface area contributed by atoms with Crippen LogP contribution in [-0.2, 0) is 0 Å². The Bertz CT molecular complexity index is 258. The second kappa shape index (κ2) is 3.64. The molecule has 0 bridgehead atoms. The van der Waals surface area contributed by atoms with Crippen molar-refractivity contribution in [1.29, 1.82) is 0 Å². The monoisotopic (exact) mass is 217 g/mol. The lowest BCUT2D eigenvalue weighted by Gasteiger charge is -1.95. The second-order valence-electron chi connectivity index (χ2n) is 2.05. The second-order valence-corrected chi connectivity index (χ2v) is 2.90. The van der Waals surface area contributed by atoms with Crippen LogP contribution in [0.1, 0.15) is 10.5 Å². The van der Waals surface area contributed by atoms with Crippen LogP contribution in [0.5, 0.6) is 0 Å². The lowest BCUT2D eigenvalue weighted by Crippen LogP contribution is -2.19. The van der Waals surface area contributed by atoms with E-state index in [4.69, 9.17) is 0 Å². The summed E-state index contributed by atoms with van der Waals surface area (Å²) in [5, 5.41) is 9.07. The molecule has 0 aliphatic heterocycles. The van der Waals surface area contributed by atoms with Crippen molar-refractivity contribution in [2.75, 3.05) is 13.6 Å². The number of carbonyl (C=O) groups is 1. The van der Waals surface area contributed by atoms with Gasteiger partial charge in [-0.2, -0.15) is 5.10 Å². The molecule has 1 rings (SSSR count). The average molecular weight is 218 g/mol. The highest BCUT2D eigenvalue weighted by atomic mass is 79.9. The maximum absolute atomic E-state index is 11.2. The molecule has 0 amide bonds. The van der Waals surface area contributed by atoms with Crippen LogP contribution in [0.15, 0.2) is 10.7 Å². The number of nitrogens with zero attached hydrogens (tertiary/aromatic N) is 1. The molecule has 0 aliphatic carbocycles. The third-order valence-electron chi connectivity index (χ3n) is 1.21. The number of likely N-dealkylation sites (N-methyl/N-ethyl adjacent to an activating group) is 1. The van der Waals surface area contributed by atoms with Crippen LogP contribution >= 0.6 is 15.9 Å². The van der Waals surface area contributed by atoms with Gasteiger partial charge in [-0.05, 0) is 23.0 Å². The van der Waals surface area contributed by atoms with Gasteiger partial charge in [0.25, 0.3) is 0 Å². The number of nitrogens with one attached hydrogen (secondary N) is 2. The molecule has 2 N–H and O–H groups in total. The van der Waals surface area contributed by atoms with Crippen molar-refractivity contribution in [3.63, 3.8) is 0 Å². The van der Waals surface area contributed by atoms with Crippen molar-refractivity contribution >= 4 is 21.7 Å². The van der Waals surface area contributed by atoms with E-state index in [9.17, 15) is 4.79 Å². The number of hydrogen-bond acceptors (Lipinski definition) is 3. The van der Waals surface area contributed by atoms with E-state index in [1.165, 1.54) is 0 Å². The molecule has 1 aromatic heterocycles. The van der Waals surface area contributed by atoms with Gasteiger partial charge in [0.15, 0.2) is 5.78 Å². The first-order valence-corrected chi connectivity index (χ1v) is 3.91. The summed E-state index contributed by atoms with van der Waals surface area (Å²) in [7, 11) is 1.72. The van der Waals surface area contributed by atoms with Gasteiger partial charge in [-0.15, -0.1) is 0 Å². The molecular weight excluding hydrogens is 210 g/mol. The number of H-pyrrole nitrogens is 1. The van der Waals surface area contributed by atoms with Gasteiger partial charge in [0.1, 0.15) is 5.69 Å². The summed E-state index contributed by atoms with van der Waals surface area (Å²) in [4.78, 5) is 11.2. The molecule has 11 heavy (non-hydrogen) atoms. The van der Waals surface area contributed by atoms with Gasteiger partial charge in [0.05, 0.1) is 17.2 Å². The fourth-order valence-corrected chi connectivity index (χ4v) is 1.13. The van der Waals surface area contributed by atoms with E-state index in [2.05, 4.69) is 31.4 Å². The van der Waals surface area contributed by atoms with Gasteiger partial charge in [0.2, 0.25) is 0 Å². The predicted octanol–water partition coefficient (Wildman–Crippen LogP) is 0.574. The normalized spacial score (nSPS) is 10.0. The smallest absolute Gasteiger partial charge is 0.195 e. The molecule has 0 radical (unpaired) electrons. The van der Waals surface area contributed by atoms with Gasteiger partial charge in [-0.3, -0.25) is 9.89 Å². The Kier molecular flexibility index (Phi) is 2.78. The number of hydrogen-bond donors (Lipinski definition) is 2. The zero-order valence-electron chi connectivity index (χ0n) is 6.02. The molecule has 0 fully saturated rings. The van der Waals surface area contributed by atoms with Gasteiger partial charge >= 0.3 is 0 Å². The molecule has 0 atom stereocenters. The minimum atomic E-state index is -0.00289. The summed E-state index contributed by atoms with van der Waals surface area (Å²) in [5.41, 5.74) is 0.513. The van der Waals surface area contributed by atoms with E-state index in [0.717, 1.165) is 0 Å². The van der Waals surface area contributed by atoms with Crippen LogP contribution in [0.2, 0.25) is 0 Å². The standard InChI is InChI=1S/C6H8BrN3O/c1-8-3-5(11)6-4(7)2-9-10-6/h2,8H,3H2,1H3,(H,9,10). The third-order valence-corrected chi connectivity index (χ3v) is 1.81. The number of carbonyl (C=O) groups excluding carboxylic acids is 1. The summed E-state index contributed by atoms with van der Waals surface area (Å²) in [6, 6.07) is 0. The maximum Gasteiger partial charge on any atom is 0.195 e. The first-order chi connectivity index (χ1) is 5.25. The quantitative estimate of drug-likeness (QED) is 0.729.